The third-order valence-corrected chi connectivity index (χ3v) is 4.29. The van der Waals surface area contributed by atoms with E-state index in [1.807, 2.05) is 24.3 Å². The zero-order valence-corrected chi connectivity index (χ0v) is 12.9. The van der Waals surface area contributed by atoms with Crippen molar-refractivity contribution in [1.29, 1.82) is 0 Å². The fourth-order valence-electron chi connectivity index (χ4n) is 2.96. The Morgan fingerprint density at radius 1 is 1.18 bits per heavy atom. The molecule has 0 amide bonds. The number of hydrogen-bond acceptors (Lipinski definition) is 4. The van der Waals surface area contributed by atoms with Gasteiger partial charge in [-0.3, -0.25) is 4.90 Å². The first-order valence-corrected chi connectivity index (χ1v) is 7.61. The van der Waals surface area contributed by atoms with E-state index in [1.54, 1.807) is 7.11 Å². The first-order valence-electron chi connectivity index (χ1n) is 7.61. The fourth-order valence-corrected chi connectivity index (χ4v) is 2.96. The van der Waals surface area contributed by atoms with E-state index < -0.39 is 0 Å². The molecule has 116 valence electrons. The molecule has 2 aromatic rings. The summed E-state index contributed by atoms with van der Waals surface area (Å²) in [5, 5.41) is 9.86. The lowest BCUT2D eigenvalue weighted by Gasteiger charge is -2.29. The van der Waals surface area contributed by atoms with E-state index in [1.165, 1.54) is 16.7 Å². The summed E-state index contributed by atoms with van der Waals surface area (Å²) in [7, 11) is 1.59. The van der Waals surface area contributed by atoms with Gasteiger partial charge in [-0.05, 0) is 53.8 Å². The summed E-state index contributed by atoms with van der Waals surface area (Å²) >= 11 is 0. The minimum atomic E-state index is 0.233. The second-order valence-electron chi connectivity index (χ2n) is 5.81. The van der Waals surface area contributed by atoms with E-state index in [4.69, 9.17) is 10.5 Å². The third-order valence-electron chi connectivity index (χ3n) is 4.29. The number of nitrogens with two attached hydrogens (primary N) is 1. The number of methoxy groups -OCH3 is 1. The van der Waals surface area contributed by atoms with E-state index in [9.17, 15) is 5.11 Å². The molecule has 0 saturated heterocycles. The van der Waals surface area contributed by atoms with E-state index in [2.05, 4.69) is 17.0 Å². The van der Waals surface area contributed by atoms with Gasteiger partial charge in [0.25, 0.3) is 0 Å². The van der Waals surface area contributed by atoms with Gasteiger partial charge in [0.2, 0.25) is 0 Å². The molecule has 4 nitrogen and oxygen atoms in total. The molecular weight excluding hydrogens is 276 g/mol. The van der Waals surface area contributed by atoms with Crippen molar-refractivity contribution in [2.24, 2.45) is 0 Å². The van der Waals surface area contributed by atoms with Crippen LogP contribution in [0.2, 0.25) is 0 Å². The summed E-state index contributed by atoms with van der Waals surface area (Å²) in [4.78, 5) is 2.44. The highest BCUT2D eigenvalue weighted by atomic mass is 16.5. The molecule has 0 aromatic heterocycles. The molecular formula is C18H22N2O2. The van der Waals surface area contributed by atoms with Crippen molar-refractivity contribution in [3.63, 3.8) is 0 Å². The van der Waals surface area contributed by atoms with Crippen molar-refractivity contribution < 1.29 is 9.84 Å². The SMILES string of the molecule is COc1cc2c(cc1O)CCN(CCc1ccc(N)cc1)C2. The number of phenols is 1. The Kier molecular flexibility index (Phi) is 4.20. The van der Waals surface area contributed by atoms with E-state index in [0.29, 0.717) is 5.75 Å². The van der Waals surface area contributed by atoms with Gasteiger partial charge in [0, 0.05) is 25.3 Å². The minimum absolute atomic E-state index is 0.233. The molecule has 1 heterocycles. The summed E-state index contributed by atoms with van der Waals surface area (Å²) in [6, 6.07) is 11.9. The molecule has 0 unspecified atom stereocenters. The maximum atomic E-state index is 9.86. The summed E-state index contributed by atoms with van der Waals surface area (Å²) in [6.45, 7) is 2.95. The molecule has 0 bridgehead atoms. The second kappa shape index (κ2) is 6.28. The number of phenolic OH excluding ortho intramolecular Hbond substituents is 1. The minimum Gasteiger partial charge on any atom is -0.504 e. The van der Waals surface area contributed by atoms with Gasteiger partial charge < -0.3 is 15.6 Å². The first-order chi connectivity index (χ1) is 10.7. The topological polar surface area (TPSA) is 58.7 Å². The van der Waals surface area contributed by atoms with Crippen molar-refractivity contribution in [2.75, 3.05) is 25.9 Å². The van der Waals surface area contributed by atoms with Gasteiger partial charge in [0.1, 0.15) is 0 Å². The zero-order chi connectivity index (χ0) is 15.5. The van der Waals surface area contributed by atoms with Gasteiger partial charge in [0.15, 0.2) is 11.5 Å². The van der Waals surface area contributed by atoms with Crippen LogP contribution in [0.1, 0.15) is 16.7 Å². The second-order valence-corrected chi connectivity index (χ2v) is 5.81. The number of anilines is 1. The molecule has 0 aliphatic carbocycles. The maximum Gasteiger partial charge on any atom is 0.160 e. The van der Waals surface area contributed by atoms with Crippen LogP contribution in [0.4, 0.5) is 5.69 Å². The number of rotatable bonds is 4. The molecule has 1 aliphatic rings. The number of nitrogens with zero attached hydrogens (tertiary/aromatic N) is 1. The Labute approximate surface area is 131 Å². The van der Waals surface area contributed by atoms with Gasteiger partial charge in [-0.2, -0.15) is 0 Å². The molecule has 2 aromatic carbocycles. The summed E-state index contributed by atoms with van der Waals surface area (Å²) < 4.78 is 5.21. The third kappa shape index (κ3) is 3.17. The molecule has 0 spiro atoms. The summed E-state index contributed by atoms with van der Waals surface area (Å²) in [6.07, 6.45) is 1.99. The number of aromatic hydroxyl groups is 1. The highest BCUT2D eigenvalue weighted by Gasteiger charge is 2.18. The summed E-state index contributed by atoms with van der Waals surface area (Å²) in [5.74, 6) is 0.788. The number of ether oxygens (including phenoxy) is 1. The highest BCUT2D eigenvalue weighted by Crippen LogP contribution is 2.32. The molecule has 0 radical (unpaired) electrons. The fraction of sp³-hybridized carbons (Fsp3) is 0.333. The quantitative estimate of drug-likeness (QED) is 0.852. The van der Waals surface area contributed by atoms with Crippen LogP contribution in [0, 0.1) is 0 Å². The van der Waals surface area contributed by atoms with Crippen molar-refractivity contribution in [3.8, 4) is 11.5 Å². The average Bonchev–Trinajstić information content (AvgIpc) is 2.53. The lowest BCUT2D eigenvalue weighted by atomic mass is 9.98. The van der Waals surface area contributed by atoms with Crippen LogP contribution in [0.5, 0.6) is 11.5 Å². The van der Waals surface area contributed by atoms with Crippen LogP contribution in [0.15, 0.2) is 36.4 Å². The Morgan fingerprint density at radius 2 is 1.95 bits per heavy atom. The Balaban J connectivity index is 1.65. The predicted molar refractivity (Wildman–Crippen MR) is 88.2 cm³/mol. The number of fused-ring (bicyclic) bond motifs is 1. The van der Waals surface area contributed by atoms with Crippen LogP contribution in [-0.2, 0) is 19.4 Å². The summed E-state index contributed by atoms with van der Waals surface area (Å²) in [5.41, 5.74) is 10.3. The largest absolute Gasteiger partial charge is 0.504 e. The Hall–Kier alpha value is -2.20. The molecule has 0 atom stereocenters. The first kappa shape index (κ1) is 14.7. The van der Waals surface area contributed by atoms with Crippen LogP contribution in [0.25, 0.3) is 0 Å². The number of benzene rings is 2. The molecule has 0 fully saturated rings. The monoisotopic (exact) mass is 298 g/mol. The van der Waals surface area contributed by atoms with Gasteiger partial charge in [-0.25, -0.2) is 0 Å². The standard InChI is InChI=1S/C18H22N2O2/c1-22-18-11-15-12-20(9-7-14(15)10-17(18)21)8-6-13-2-4-16(19)5-3-13/h2-5,10-11,21H,6-9,12,19H2,1H3. The average molecular weight is 298 g/mol. The van der Waals surface area contributed by atoms with Crippen molar-refractivity contribution >= 4 is 5.69 Å². The van der Waals surface area contributed by atoms with E-state index >= 15 is 0 Å². The molecule has 0 saturated carbocycles. The number of hydrogen-bond donors (Lipinski definition) is 2. The van der Waals surface area contributed by atoms with E-state index in [0.717, 1.165) is 38.2 Å². The Morgan fingerprint density at radius 3 is 2.68 bits per heavy atom. The van der Waals surface area contributed by atoms with Crippen molar-refractivity contribution in [2.45, 2.75) is 19.4 Å². The molecule has 1 aliphatic heterocycles. The molecule has 3 rings (SSSR count). The Bertz CT molecular complexity index is 653. The predicted octanol–water partition coefficient (Wildman–Crippen LogP) is 2.58. The molecule has 3 N–H and O–H groups in total. The van der Waals surface area contributed by atoms with Gasteiger partial charge in [-0.1, -0.05) is 12.1 Å². The van der Waals surface area contributed by atoms with Gasteiger partial charge >= 0.3 is 0 Å². The smallest absolute Gasteiger partial charge is 0.160 e. The molecule has 22 heavy (non-hydrogen) atoms. The zero-order valence-electron chi connectivity index (χ0n) is 12.9. The van der Waals surface area contributed by atoms with Crippen LogP contribution in [0.3, 0.4) is 0 Å². The van der Waals surface area contributed by atoms with Gasteiger partial charge in [-0.15, -0.1) is 0 Å². The van der Waals surface area contributed by atoms with Crippen LogP contribution >= 0.6 is 0 Å². The van der Waals surface area contributed by atoms with Gasteiger partial charge in [0.05, 0.1) is 7.11 Å². The van der Waals surface area contributed by atoms with Crippen LogP contribution in [-0.4, -0.2) is 30.2 Å². The lowest BCUT2D eigenvalue weighted by molar-refractivity contribution is 0.256. The van der Waals surface area contributed by atoms with E-state index in [-0.39, 0.29) is 5.75 Å². The van der Waals surface area contributed by atoms with Crippen molar-refractivity contribution in [1.82, 2.24) is 4.90 Å². The lowest BCUT2D eigenvalue weighted by Crippen LogP contribution is -2.32. The normalized spacial score (nSPS) is 14.6. The molecule has 4 heteroatoms. The van der Waals surface area contributed by atoms with Crippen molar-refractivity contribution in [3.05, 3.63) is 53.1 Å². The number of nitrogen functional groups attached to an aromatic ring is 1. The maximum absolute atomic E-state index is 9.86. The highest BCUT2D eigenvalue weighted by molar-refractivity contribution is 5.47. The van der Waals surface area contributed by atoms with Crippen LogP contribution < -0.4 is 10.5 Å².